The summed E-state index contributed by atoms with van der Waals surface area (Å²) in [6, 6.07) is 2.28. The minimum atomic E-state index is 0.790. The van der Waals surface area contributed by atoms with Crippen LogP contribution < -0.4 is 0 Å². The third kappa shape index (κ3) is 2.14. The second-order valence-electron chi connectivity index (χ2n) is 3.19. The predicted octanol–water partition coefficient (Wildman–Crippen LogP) is 3.26. The van der Waals surface area contributed by atoms with Crippen molar-refractivity contribution in [3.8, 4) is 0 Å². The second kappa shape index (κ2) is 3.20. The van der Waals surface area contributed by atoms with Crippen molar-refractivity contribution in [2.24, 2.45) is 5.92 Å². The first kappa shape index (κ1) is 7.80. The van der Waals surface area contributed by atoms with Gasteiger partial charge in [0.25, 0.3) is 0 Å². The van der Waals surface area contributed by atoms with Gasteiger partial charge in [-0.05, 0) is 36.3 Å². The molecular formula is C9H14S. The molecule has 10 heavy (non-hydrogen) atoms. The molecule has 56 valence electrons. The highest BCUT2D eigenvalue weighted by atomic mass is 32.1. The quantitative estimate of drug-likeness (QED) is 0.613. The predicted molar refractivity (Wildman–Crippen MR) is 47.6 cm³/mol. The smallest absolute Gasteiger partial charge is 0.00505 e. The topological polar surface area (TPSA) is 0 Å². The summed E-state index contributed by atoms with van der Waals surface area (Å²) in [4.78, 5) is 1.52. The fourth-order valence-electron chi connectivity index (χ4n) is 1.00. The van der Waals surface area contributed by atoms with Gasteiger partial charge in [0.2, 0.25) is 0 Å². The fraction of sp³-hybridized carbons (Fsp3) is 0.556. The van der Waals surface area contributed by atoms with Gasteiger partial charge in [-0.15, -0.1) is 11.3 Å². The van der Waals surface area contributed by atoms with E-state index in [9.17, 15) is 0 Å². The molecule has 1 rings (SSSR count). The molecule has 1 heteroatoms. The fourth-order valence-corrected chi connectivity index (χ4v) is 2.09. The average molecular weight is 154 g/mol. The van der Waals surface area contributed by atoms with Gasteiger partial charge in [-0.1, -0.05) is 13.8 Å². The van der Waals surface area contributed by atoms with Gasteiger partial charge >= 0.3 is 0 Å². The molecule has 0 atom stereocenters. The first-order valence-electron chi connectivity index (χ1n) is 3.72. The lowest BCUT2D eigenvalue weighted by atomic mass is 10.1. The average Bonchev–Trinajstić information content (AvgIpc) is 2.13. The van der Waals surface area contributed by atoms with Crippen LogP contribution in [0.4, 0.5) is 0 Å². The summed E-state index contributed by atoms with van der Waals surface area (Å²) in [6.07, 6.45) is 1.23. The van der Waals surface area contributed by atoms with Crippen LogP contribution in [0.2, 0.25) is 0 Å². The highest BCUT2D eigenvalue weighted by Crippen LogP contribution is 2.17. The number of hydrogen-bond donors (Lipinski definition) is 0. The molecule has 0 unspecified atom stereocenters. The van der Waals surface area contributed by atoms with E-state index in [0.717, 1.165) is 5.92 Å². The van der Waals surface area contributed by atoms with Crippen LogP contribution in [0.3, 0.4) is 0 Å². The summed E-state index contributed by atoms with van der Waals surface area (Å²) in [7, 11) is 0. The molecule has 0 N–H and O–H groups in total. The maximum absolute atomic E-state index is 2.28. The van der Waals surface area contributed by atoms with Gasteiger partial charge in [0, 0.05) is 4.88 Å². The van der Waals surface area contributed by atoms with E-state index < -0.39 is 0 Å². The summed E-state index contributed by atoms with van der Waals surface area (Å²) >= 11 is 1.88. The number of rotatable bonds is 2. The maximum atomic E-state index is 2.28. The summed E-state index contributed by atoms with van der Waals surface area (Å²) in [6.45, 7) is 6.67. The molecule has 1 aromatic heterocycles. The highest BCUT2D eigenvalue weighted by molar-refractivity contribution is 7.10. The lowest BCUT2D eigenvalue weighted by Crippen LogP contribution is -1.89. The second-order valence-corrected chi connectivity index (χ2v) is 4.18. The standard InChI is InChI=1S/C9H14S/c1-7(2)4-9-5-8(3)6-10-9/h5-7H,4H2,1-3H3. The van der Waals surface area contributed by atoms with Crippen LogP contribution in [0.25, 0.3) is 0 Å². The summed E-state index contributed by atoms with van der Waals surface area (Å²) in [5.74, 6) is 0.790. The normalized spacial score (nSPS) is 10.8. The van der Waals surface area contributed by atoms with E-state index in [-0.39, 0.29) is 0 Å². The first-order chi connectivity index (χ1) is 4.68. The molecule has 0 aliphatic carbocycles. The van der Waals surface area contributed by atoms with Crippen molar-refractivity contribution >= 4 is 11.3 Å². The molecule has 0 aliphatic rings. The van der Waals surface area contributed by atoms with Crippen molar-refractivity contribution in [2.75, 3.05) is 0 Å². The third-order valence-electron chi connectivity index (χ3n) is 1.39. The van der Waals surface area contributed by atoms with Gasteiger partial charge < -0.3 is 0 Å². The molecule has 1 aromatic rings. The van der Waals surface area contributed by atoms with E-state index in [2.05, 4.69) is 32.2 Å². The Hall–Kier alpha value is -0.300. The van der Waals surface area contributed by atoms with Crippen LogP contribution in [0.1, 0.15) is 24.3 Å². The van der Waals surface area contributed by atoms with Crippen LogP contribution in [-0.2, 0) is 6.42 Å². The Morgan fingerprint density at radius 2 is 2.20 bits per heavy atom. The van der Waals surface area contributed by atoms with E-state index >= 15 is 0 Å². The molecule has 0 aliphatic heterocycles. The SMILES string of the molecule is Cc1csc(CC(C)C)c1. The Balaban J connectivity index is 2.58. The molecule has 0 fully saturated rings. The van der Waals surface area contributed by atoms with E-state index in [1.54, 1.807) is 0 Å². The zero-order valence-corrected chi connectivity index (χ0v) is 7.66. The summed E-state index contributed by atoms with van der Waals surface area (Å²) in [5.41, 5.74) is 1.40. The zero-order valence-electron chi connectivity index (χ0n) is 6.85. The van der Waals surface area contributed by atoms with Crippen LogP contribution in [0.5, 0.6) is 0 Å². The molecular weight excluding hydrogens is 140 g/mol. The molecule has 1 heterocycles. The molecule has 0 saturated carbocycles. The van der Waals surface area contributed by atoms with Crippen molar-refractivity contribution in [1.29, 1.82) is 0 Å². The maximum Gasteiger partial charge on any atom is 0.00505 e. The highest BCUT2D eigenvalue weighted by Gasteiger charge is 1.98. The van der Waals surface area contributed by atoms with Gasteiger partial charge in [-0.25, -0.2) is 0 Å². The van der Waals surface area contributed by atoms with Crippen molar-refractivity contribution in [2.45, 2.75) is 27.2 Å². The van der Waals surface area contributed by atoms with Gasteiger partial charge in [-0.3, -0.25) is 0 Å². The lowest BCUT2D eigenvalue weighted by molar-refractivity contribution is 0.654. The molecule has 0 radical (unpaired) electrons. The molecule has 0 bridgehead atoms. The van der Waals surface area contributed by atoms with E-state index in [4.69, 9.17) is 0 Å². The Morgan fingerprint density at radius 1 is 1.50 bits per heavy atom. The van der Waals surface area contributed by atoms with Gasteiger partial charge in [-0.2, -0.15) is 0 Å². The minimum absolute atomic E-state index is 0.790. The minimum Gasteiger partial charge on any atom is -0.149 e. The summed E-state index contributed by atoms with van der Waals surface area (Å²) < 4.78 is 0. The Labute approximate surface area is 66.9 Å². The van der Waals surface area contributed by atoms with Crippen LogP contribution in [-0.4, -0.2) is 0 Å². The van der Waals surface area contributed by atoms with E-state index in [1.165, 1.54) is 16.9 Å². The third-order valence-corrected chi connectivity index (χ3v) is 2.47. The number of hydrogen-bond acceptors (Lipinski definition) is 1. The molecule has 0 saturated heterocycles. The zero-order chi connectivity index (χ0) is 7.56. The largest absolute Gasteiger partial charge is 0.149 e. The lowest BCUT2D eigenvalue weighted by Gasteiger charge is -1.98. The number of thiophene rings is 1. The number of aryl methyl sites for hydroxylation is 1. The van der Waals surface area contributed by atoms with Crippen LogP contribution in [0, 0.1) is 12.8 Å². The van der Waals surface area contributed by atoms with Crippen molar-refractivity contribution in [3.63, 3.8) is 0 Å². The van der Waals surface area contributed by atoms with E-state index in [0.29, 0.717) is 0 Å². The Morgan fingerprint density at radius 3 is 2.60 bits per heavy atom. The Bertz CT molecular complexity index is 198. The molecule has 0 spiro atoms. The van der Waals surface area contributed by atoms with Crippen LogP contribution >= 0.6 is 11.3 Å². The molecule has 0 amide bonds. The van der Waals surface area contributed by atoms with E-state index in [1.807, 2.05) is 11.3 Å². The van der Waals surface area contributed by atoms with Crippen LogP contribution in [0.15, 0.2) is 11.4 Å². The molecule has 0 aromatic carbocycles. The van der Waals surface area contributed by atoms with Gasteiger partial charge in [0.15, 0.2) is 0 Å². The summed E-state index contributed by atoms with van der Waals surface area (Å²) in [5, 5.41) is 2.22. The molecule has 0 nitrogen and oxygen atoms in total. The van der Waals surface area contributed by atoms with Crippen molar-refractivity contribution < 1.29 is 0 Å². The van der Waals surface area contributed by atoms with Crippen molar-refractivity contribution in [1.82, 2.24) is 0 Å². The first-order valence-corrected chi connectivity index (χ1v) is 4.60. The van der Waals surface area contributed by atoms with Gasteiger partial charge in [0.1, 0.15) is 0 Å². The van der Waals surface area contributed by atoms with Gasteiger partial charge in [0.05, 0.1) is 0 Å². The Kier molecular flexibility index (Phi) is 2.50. The van der Waals surface area contributed by atoms with Crippen molar-refractivity contribution in [3.05, 3.63) is 21.9 Å². The monoisotopic (exact) mass is 154 g/mol.